The van der Waals surface area contributed by atoms with Crippen LogP contribution in [-0.4, -0.2) is 24.1 Å². The van der Waals surface area contributed by atoms with Crippen LogP contribution in [0.5, 0.6) is 0 Å². The first kappa shape index (κ1) is 17.9. The predicted molar refractivity (Wildman–Crippen MR) is 106 cm³/mol. The van der Waals surface area contributed by atoms with Gasteiger partial charge >= 0.3 is 0 Å². The third-order valence-corrected chi connectivity index (χ3v) is 5.36. The average molecular weight is 392 g/mol. The van der Waals surface area contributed by atoms with E-state index in [2.05, 4.69) is 5.10 Å². The molecule has 1 heterocycles. The Morgan fingerprint density at radius 2 is 1.57 bits per heavy atom. The van der Waals surface area contributed by atoms with Gasteiger partial charge in [0.15, 0.2) is 5.69 Å². The zero-order valence-corrected chi connectivity index (χ0v) is 15.4. The van der Waals surface area contributed by atoms with Crippen LogP contribution in [0.4, 0.5) is 0 Å². The van der Waals surface area contributed by atoms with Crippen LogP contribution in [-0.2, 0) is 10.0 Å². The molecule has 0 atom stereocenters. The van der Waals surface area contributed by atoms with Gasteiger partial charge in [-0.3, -0.25) is 4.79 Å². The molecule has 0 unspecified atom stereocenters. The molecule has 0 saturated carbocycles. The lowest BCUT2D eigenvalue weighted by Gasteiger charge is -2.06. The third kappa shape index (κ3) is 3.15. The summed E-state index contributed by atoms with van der Waals surface area (Å²) in [5.74, 6) is -0.641. The van der Waals surface area contributed by atoms with E-state index in [0.29, 0.717) is 16.6 Å². The van der Waals surface area contributed by atoms with Gasteiger partial charge in [-0.05, 0) is 47.5 Å². The molecule has 4 aromatic rings. The molecule has 4 N–H and O–H groups in total. The van der Waals surface area contributed by atoms with E-state index in [1.807, 2.05) is 42.5 Å². The summed E-state index contributed by atoms with van der Waals surface area (Å²) in [7, 11) is -3.80. The molecule has 140 valence electrons. The summed E-state index contributed by atoms with van der Waals surface area (Å²) >= 11 is 0. The van der Waals surface area contributed by atoms with Gasteiger partial charge in [-0.25, -0.2) is 18.2 Å². The number of aromatic nitrogens is 2. The highest BCUT2D eigenvalue weighted by Crippen LogP contribution is 2.28. The Bertz CT molecular complexity index is 1290. The first-order valence-electron chi connectivity index (χ1n) is 8.36. The number of sulfonamides is 1. The highest BCUT2D eigenvalue weighted by Gasteiger charge is 2.17. The number of nitrogens with zero attached hydrogens (tertiary/aromatic N) is 2. The van der Waals surface area contributed by atoms with Gasteiger partial charge in [-0.15, -0.1) is 0 Å². The highest BCUT2D eigenvalue weighted by molar-refractivity contribution is 7.89. The molecule has 7 nitrogen and oxygen atoms in total. The predicted octanol–water partition coefficient (Wildman–Crippen LogP) is 2.44. The quantitative estimate of drug-likeness (QED) is 0.554. The minimum Gasteiger partial charge on any atom is -0.364 e. The summed E-state index contributed by atoms with van der Waals surface area (Å²) in [6.07, 6.45) is 0. The number of carbonyl (C=O) groups excluding carboxylic acids is 1. The summed E-state index contributed by atoms with van der Waals surface area (Å²) in [6.45, 7) is 0. The van der Waals surface area contributed by atoms with Crippen LogP contribution >= 0.6 is 0 Å². The number of primary sulfonamides is 1. The average Bonchev–Trinajstić information content (AvgIpc) is 3.07. The van der Waals surface area contributed by atoms with Gasteiger partial charge < -0.3 is 5.73 Å². The summed E-state index contributed by atoms with van der Waals surface area (Å²) in [5.41, 5.74) is 8.86. The van der Waals surface area contributed by atoms with Gasteiger partial charge in [0.2, 0.25) is 10.0 Å². The molecule has 8 heteroatoms. The Kier molecular flexibility index (Phi) is 4.21. The van der Waals surface area contributed by atoms with Crippen molar-refractivity contribution in [1.82, 2.24) is 9.78 Å². The zero-order chi connectivity index (χ0) is 19.9. The van der Waals surface area contributed by atoms with Gasteiger partial charge in [0.1, 0.15) is 0 Å². The second-order valence-corrected chi connectivity index (χ2v) is 7.82. The van der Waals surface area contributed by atoms with Crippen LogP contribution in [0, 0.1) is 0 Å². The van der Waals surface area contributed by atoms with Crippen molar-refractivity contribution in [3.8, 4) is 16.8 Å². The fraction of sp³-hybridized carbons (Fsp3) is 0. The summed E-state index contributed by atoms with van der Waals surface area (Å²) < 4.78 is 24.5. The number of nitrogens with two attached hydrogens (primary N) is 2. The largest absolute Gasteiger partial charge is 0.364 e. The van der Waals surface area contributed by atoms with Crippen molar-refractivity contribution in [3.05, 3.63) is 78.5 Å². The number of benzene rings is 3. The standard InChI is InChI=1S/C20H16N4O3S/c21-20(25)19-17-11-6-14(13-4-2-1-3-5-13)12-18(17)24(23-19)15-7-9-16(10-8-15)28(22,26)27/h1-12H,(H2,21,25)(H2,22,26,27). The van der Waals surface area contributed by atoms with Crippen molar-refractivity contribution in [2.24, 2.45) is 10.9 Å². The van der Waals surface area contributed by atoms with Crippen molar-refractivity contribution in [2.45, 2.75) is 4.90 Å². The van der Waals surface area contributed by atoms with E-state index in [0.717, 1.165) is 11.1 Å². The van der Waals surface area contributed by atoms with Gasteiger partial charge in [-0.2, -0.15) is 5.10 Å². The van der Waals surface area contributed by atoms with E-state index in [-0.39, 0.29) is 10.6 Å². The SMILES string of the molecule is NC(=O)c1nn(-c2ccc(S(N)(=O)=O)cc2)c2cc(-c3ccccc3)ccc12. The first-order valence-corrected chi connectivity index (χ1v) is 9.90. The van der Waals surface area contributed by atoms with E-state index in [4.69, 9.17) is 10.9 Å². The van der Waals surface area contributed by atoms with Gasteiger partial charge in [-0.1, -0.05) is 36.4 Å². The van der Waals surface area contributed by atoms with E-state index in [1.54, 1.807) is 22.9 Å². The number of hydrogen-bond acceptors (Lipinski definition) is 4. The molecule has 0 saturated heterocycles. The second-order valence-electron chi connectivity index (χ2n) is 6.26. The molecule has 0 spiro atoms. The Labute approximate surface area is 161 Å². The molecule has 28 heavy (non-hydrogen) atoms. The first-order chi connectivity index (χ1) is 13.3. The molecule has 1 aromatic heterocycles. The van der Waals surface area contributed by atoms with Crippen LogP contribution in [0.3, 0.4) is 0 Å². The van der Waals surface area contributed by atoms with E-state index in [9.17, 15) is 13.2 Å². The van der Waals surface area contributed by atoms with Crippen molar-refractivity contribution in [2.75, 3.05) is 0 Å². The highest BCUT2D eigenvalue weighted by atomic mass is 32.2. The monoisotopic (exact) mass is 392 g/mol. The molecule has 0 aliphatic rings. The number of hydrogen-bond donors (Lipinski definition) is 2. The zero-order valence-electron chi connectivity index (χ0n) is 14.6. The maximum absolute atomic E-state index is 11.9. The van der Waals surface area contributed by atoms with E-state index < -0.39 is 15.9 Å². The maximum Gasteiger partial charge on any atom is 0.269 e. The lowest BCUT2D eigenvalue weighted by atomic mass is 10.0. The molecule has 0 bridgehead atoms. The van der Waals surface area contributed by atoms with Gasteiger partial charge in [0, 0.05) is 5.39 Å². The number of amides is 1. The van der Waals surface area contributed by atoms with Crippen LogP contribution in [0.25, 0.3) is 27.7 Å². The summed E-state index contributed by atoms with van der Waals surface area (Å²) in [6, 6.07) is 21.3. The van der Waals surface area contributed by atoms with Crippen molar-refractivity contribution in [1.29, 1.82) is 0 Å². The van der Waals surface area contributed by atoms with Gasteiger partial charge in [0.05, 0.1) is 16.1 Å². The Hall–Kier alpha value is -3.49. The van der Waals surface area contributed by atoms with E-state index >= 15 is 0 Å². The topological polar surface area (TPSA) is 121 Å². The molecular weight excluding hydrogens is 376 g/mol. The van der Waals surface area contributed by atoms with Crippen LogP contribution in [0.1, 0.15) is 10.5 Å². The minimum absolute atomic E-state index is 0.00666. The molecule has 0 fully saturated rings. The number of rotatable bonds is 4. The van der Waals surface area contributed by atoms with Crippen molar-refractivity contribution in [3.63, 3.8) is 0 Å². The fourth-order valence-corrected chi connectivity index (χ4v) is 3.60. The Balaban J connectivity index is 1.93. The molecule has 4 rings (SSSR count). The van der Waals surface area contributed by atoms with E-state index in [1.165, 1.54) is 12.1 Å². The molecular formula is C20H16N4O3S. The van der Waals surface area contributed by atoms with Crippen molar-refractivity contribution < 1.29 is 13.2 Å². The third-order valence-electron chi connectivity index (χ3n) is 4.43. The van der Waals surface area contributed by atoms with Crippen molar-refractivity contribution >= 4 is 26.8 Å². The molecule has 0 aliphatic carbocycles. The Morgan fingerprint density at radius 1 is 0.893 bits per heavy atom. The minimum atomic E-state index is -3.80. The van der Waals surface area contributed by atoms with Crippen LogP contribution in [0.15, 0.2) is 77.7 Å². The maximum atomic E-state index is 11.9. The molecule has 0 radical (unpaired) electrons. The summed E-state index contributed by atoms with van der Waals surface area (Å²) in [5, 5.41) is 10.1. The van der Waals surface area contributed by atoms with Crippen LogP contribution in [0.2, 0.25) is 0 Å². The lowest BCUT2D eigenvalue weighted by molar-refractivity contribution is 0.0996. The molecule has 0 aliphatic heterocycles. The lowest BCUT2D eigenvalue weighted by Crippen LogP contribution is -2.13. The normalized spacial score (nSPS) is 11.6. The summed E-state index contributed by atoms with van der Waals surface area (Å²) in [4.78, 5) is 11.8. The van der Waals surface area contributed by atoms with Gasteiger partial charge in [0.25, 0.3) is 5.91 Å². The Morgan fingerprint density at radius 3 is 2.18 bits per heavy atom. The fourth-order valence-electron chi connectivity index (χ4n) is 3.08. The smallest absolute Gasteiger partial charge is 0.269 e. The molecule has 3 aromatic carbocycles. The number of fused-ring (bicyclic) bond motifs is 1. The molecule has 1 amide bonds. The second kappa shape index (κ2) is 6.59. The number of primary amides is 1. The van der Waals surface area contributed by atoms with Crippen LogP contribution < -0.4 is 10.9 Å². The number of carbonyl (C=O) groups is 1.